The number of hydrogen-bond donors (Lipinski definition) is 0. The monoisotopic (exact) mass is 202 g/mol. The van der Waals surface area contributed by atoms with Crippen molar-refractivity contribution in [2.24, 2.45) is 17.8 Å². The Hall–Kier alpha value is 0.290. The van der Waals surface area contributed by atoms with Gasteiger partial charge in [-0.15, -0.1) is 11.6 Å². The van der Waals surface area contributed by atoms with E-state index in [9.17, 15) is 0 Å². The van der Waals surface area contributed by atoms with E-state index in [-0.39, 0.29) is 0 Å². The molecule has 1 rings (SSSR count). The lowest BCUT2D eigenvalue weighted by atomic mass is 9.77. The van der Waals surface area contributed by atoms with Gasteiger partial charge in [0.05, 0.1) is 0 Å². The zero-order chi connectivity index (χ0) is 9.84. The third kappa shape index (κ3) is 3.89. The van der Waals surface area contributed by atoms with Crippen molar-refractivity contribution in [2.45, 2.75) is 58.3 Å². The van der Waals surface area contributed by atoms with Gasteiger partial charge in [-0.3, -0.25) is 0 Å². The molecule has 0 aromatic heterocycles. The molecule has 3 atom stereocenters. The molecule has 1 heteroatoms. The van der Waals surface area contributed by atoms with E-state index in [4.69, 9.17) is 11.6 Å². The van der Waals surface area contributed by atoms with Gasteiger partial charge in [0.2, 0.25) is 0 Å². The number of halogens is 1. The van der Waals surface area contributed by atoms with Crippen molar-refractivity contribution in [1.82, 2.24) is 0 Å². The molecule has 0 N–H and O–H groups in total. The van der Waals surface area contributed by atoms with E-state index in [1.54, 1.807) is 0 Å². The fourth-order valence-corrected chi connectivity index (χ4v) is 3.00. The molecule has 1 saturated carbocycles. The molecule has 0 nitrogen and oxygen atoms in total. The normalized spacial score (nSPS) is 32.1. The van der Waals surface area contributed by atoms with Gasteiger partial charge in [-0.2, -0.15) is 0 Å². The summed E-state index contributed by atoms with van der Waals surface area (Å²) in [5.41, 5.74) is 0. The van der Waals surface area contributed by atoms with Crippen LogP contribution in [-0.2, 0) is 0 Å². The second-order valence-electron chi connectivity index (χ2n) is 5.13. The van der Waals surface area contributed by atoms with E-state index in [2.05, 4.69) is 20.8 Å². The second kappa shape index (κ2) is 5.24. The van der Waals surface area contributed by atoms with Crippen LogP contribution in [0, 0.1) is 17.8 Å². The Morgan fingerprint density at radius 2 is 1.92 bits per heavy atom. The average Bonchev–Trinajstić information content (AvgIpc) is 2.03. The SMILES string of the molecule is CC(C)CC(C)C1CCCC(Cl)C1. The summed E-state index contributed by atoms with van der Waals surface area (Å²) in [5, 5.41) is 0.466. The maximum atomic E-state index is 6.19. The lowest BCUT2D eigenvalue weighted by molar-refractivity contribution is 0.237. The number of alkyl halides is 1. The summed E-state index contributed by atoms with van der Waals surface area (Å²) in [5.74, 6) is 2.62. The van der Waals surface area contributed by atoms with Crippen molar-refractivity contribution >= 4 is 11.6 Å². The van der Waals surface area contributed by atoms with Crippen LogP contribution in [0.15, 0.2) is 0 Å². The fourth-order valence-electron chi connectivity index (χ4n) is 2.62. The van der Waals surface area contributed by atoms with Crippen LogP contribution >= 0.6 is 11.6 Å². The quantitative estimate of drug-likeness (QED) is 0.593. The fraction of sp³-hybridized carbons (Fsp3) is 1.00. The van der Waals surface area contributed by atoms with Gasteiger partial charge in [0.15, 0.2) is 0 Å². The summed E-state index contributed by atoms with van der Waals surface area (Å²) in [6.45, 7) is 7.04. The van der Waals surface area contributed by atoms with Crippen LogP contribution in [0.25, 0.3) is 0 Å². The minimum atomic E-state index is 0.466. The van der Waals surface area contributed by atoms with Gasteiger partial charge in [-0.05, 0) is 37.0 Å². The third-order valence-electron chi connectivity index (χ3n) is 3.30. The summed E-state index contributed by atoms with van der Waals surface area (Å²) >= 11 is 6.19. The molecule has 3 unspecified atom stereocenters. The summed E-state index contributed by atoms with van der Waals surface area (Å²) in [7, 11) is 0. The first-order chi connectivity index (χ1) is 6.09. The number of rotatable bonds is 3. The zero-order valence-corrected chi connectivity index (χ0v) is 9.98. The van der Waals surface area contributed by atoms with Gasteiger partial charge >= 0.3 is 0 Å². The highest BCUT2D eigenvalue weighted by molar-refractivity contribution is 6.20. The number of hydrogen-bond acceptors (Lipinski definition) is 0. The molecule has 13 heavy (non-hydrogen) atoms. The molecular weight excluding hydrogens is 180 g/mol. The van der Waals surface area contributed by atoms with Gasteiger partial charge in [0.1, 0.15) is 0 Å². The summed E-state index contributed by atoms with van der Waals surface area (Å²) in [6, 6.07) is 0. The van der Waals surface area contributed by atoms with Gasteiger partial charge in [-0.25, -0.2) is 0 Å². The molecule has 0 amide bonds. The molecule has 1 fully saturated rings. The molecular formula is C12H23Cl. The molecule has 0 aromatic rings. The lowest BCUT2D eigenvalue weighted by Gasteiger charge is -2.31. The smallest absolute Gasteiger partial charge is 0.0338 e. The van der Waals surface area contributed by atoms with E-state index >= 15 is 0 Å². The van der Waals surface area contributed by atoms with Crippen LogP contribution in [0.5, 0.6) is 0 Å². The molecule has 78 valence electrons. The molecule has 0 saturated heterocycles. The Morgan fingerprint density at radius 1 is 1.23 bits per heavy atom. The standard InChI is InChI=1S/C12H23Cl/c1-9(2)7-10(3)11-5-4-6-12(13)8-11/h9-12H,4-8H2,1-3H3. The van der Waals surface area contributed by atoms with Crippen molar-refractivity contribution in [1.29, 1.82) is 0 Å². The molecule has 1 aliphatic rings. The molecule has 0 bridgehead atoms. The Morgan fingerprint density at radius 3 is 2.46 bits per heavy atom. The Labute approximate surface area is 88.1 Å². The summed E-state index contributed by atoms with van der Waals surface area (Å²) in [6.07, 6.45) is 6.63. The van der Waals surface area contributed by atoms with E-state index in [0.717, 1.165) is 17.8 Å². The van der Waals surface area contributed by atoms with Crippen LogP contribution in [0.4, 0.5) is 0 Å². The van der Waals surface area contributed by atoms with Crippen LogP contribution in [0.2, 0.25) is 0 Å². The van der Waals surface area contributed by atoms with Gasteiger partial charge < -0.3 is 0 Å². The zero-order valence-electron chi connectivity index (χ0n) is 9.22. The molecule has 0 aromatic carbocycles. The Balaban J connectivity index is 2.32. The highest BCUT2D eigenvalue weighted by Gasteiger charge is 2.24. The first-order valence-electron chi connectivity index (χ1n) is 5.73. The maximum absolute atomic E-state index is 6.19. The summed E-state index contributed by atoms with van der Waals surface area (Å²) < 4.78 is 0. The largest absolute Gasteiger partial charge is 0.123 e. The van der Waals surface area contributed by atoms with Gasteiger partial charge in [0, 0.05) is 5.38 Å². The first kappa shape index (κ1) is 11.4. The van der Waals surface area contributed by atoms with Crippen LogP contribution in [0.3, 0.4) is 0 Å². The minimum absolute atomic E-state index is 0.466. The van der Waals surface area contributed by atoms with E-state index < -0.39 is 0 Å². The Kier molecular flexibility index (Phi) is 4.58. The van der Waals surface area contributed by atoms with Crippen LogP contribution in [0.1, 0.15) is 52.9 Å². The topological polar surface area (TPSA) is 0 Å². The predicted molar refractivity (Wildman–Crippen MR) is 60.2 cm³/mol. The molecule has 0 heterocycles. The maximum Gasteiger partial charge on any atom is 0.0338 e. The van der Waals surface area contributed by atoms with Crippen molar-refractivity contribution in [3.05, 3.63) is 0 Å². The first-order valence-corrected chi connectivity index (χ1v) is 6.17. The van der Waals surface area contributed by atoms with E-state index in [1.807, 2.05) is 0 Å². The molecule has 0 radical (unpaired) electrons. The van der Waals surface area contributed by atoms with Crippen molar-refractivity contribution in [2.75, 3.05) is 0 Å². The van der Waals surface area contributed by atoms with E-state index in [1.165, 1.54) is 32.1 Å². The van der Waals surface area contributed by atoms with Crippen molar-refractivity contribution < 1.29 is 0 Å². The highest BCUT2D eigenvalue weighted by Crippen LogP contribution is 2.35. The highest BCUT2D eigenvalue weighted by atomic mass is 35.5. The lowest BCUT2D eigenvalue weighted by Crippen LogP contribution is -2.22. The predicted octanol–water partition coefficient (Wildman–Crippen LogP) is 4.47. The van der Waals surface area contributed by atoms with Gasteiger partial charge in [-0.1, -0.05) is 33.6 Å². The Bertz CT molecular complexity index is 142. The van der Waals surface area contributed by atoms with Crippen molar-refractivity contribution in [3.63, 3.8) is 0 Å². The average molecular weight is 203 g/mol. The van der Waals surface area contributed by atoms with Crippen LogP contribution < -0.4 is 0 Å². The molecule has 0 spiro atoms. The summed E-state index contributed by atoms with van der Waals surface area (Å²) in [4.78, 5) is 0. The molecule has 0 aliphatic heterocycles. The van der Waals surface area contributed by atoms with Crippen LogP contribution in [-0.4, -0.2) is 5.38 Å². The van der Waals surface area contributed by atoms with Crippen molar-refractivity contribution in [3.8, 4) is 0 Å². The van der Waals surface area contributed by atoms with Gasteiger partial charge in [0.25, 0.3) is 0 Å². The van der Waals surface area contributed by atoms with E-state index in [0.29, 0.717) is 5.38 Å². The minimum Gasteiger partial charge on any atom is -0.123 e. The second-order valence-corrected chi connectivity index (χ2v) is 5.75. The third-order valence-corrected chi connectivity index (χ3v) is 3.70. The molecule has 1 aliphatic carbocycles.